The fourth-order valence-electron chi connectivity index (χ4n) is 1.37. The van der Waals surface area contributed by atoms with Gasteiger partial charge in [0.25, 0.3) is 15.6 Å². The molecule has 0 aliphatic carbocycles. The zero-order valence-electron chi connectivity index (χ0n) is 9.65. The quantitative estimate of drug-likeness (QED) is 0.858. The largest absolute Gasteiger partial charge is 0.326 e. The summed E-state index contributed by atoms with van der Waals surface area (Å²) in [5.41, 5.74) is -0.565. The first-order valence-corrected chi connectivity index (χ1v) is 7.81. The number of hydrogen-bond acceptors (Lipinski definition) is 3. The molecule has 0 spiro atoms. The van der Waals surface area contributed by atoms with Gasteiger partial charge in [-0.05, 0) is 40.2 Å². The lowest BCUT2D eigenvalue weighted by Crippen LogP contribution is -2.16. The molecule has 2 aromatic rings. The molecule has 0 aliphatic rings. The van der Waals surface area contributed by atoms with Crippen LogP contribution in [0.4, 0.5) is 10.1 Å². The van der Waals surface area contributed by atoms with E-state index in [2.05, 4.69) is 25.6 Å². The van der Waals surface area contributed by atoms with Gasteiger partial charge < -0.3 is 4.98 Å². The molecular weight excluding hydrogens is 375 g/mol. The van der Waals surface area contributed by atoms with E-state index in [4.69, 9.17) is 11.6 Å². The lowest BCUT2D eigenvalue weighted by molar-refractivity contribution is 0.600. The topological polar surface area (TPSA) is 79.0 Å². The summed E-state index contributed by atoms with van der Waals surface area (Å²) in [5, 5.41) is -0.258. The molecule has 0 atom stereocenters. The van der Waals surface area contributed by atoms with Crippen molar-refractivity contribution in [2.75, 3.05) is 4.72 Å². The van der Waals surface area contributed by atoms with Gasteiger partial charge in [0.05, 0.1) is 5.69 Å². The van der Waals surface area contributed by atoms with Crippen LogP contribution in [0.5, 0.6) is 0 Å². The maximum atomic E-state index is 13.1. The average molecular weight is 382 g/mol. The molecule has 2 N–H and O–H groups in total. The van der Waals surface area contributed by atoms with Crippen LogP contribution in [0.3, 0.4) is 0 Å². The monoisotopic (exact) mass is 380 g/mol. The first kappa shape index (κ1) is 15.0. The lowest BCUT2D eigenvalue weighted by Gasteiger charge is -2.09. The van der Waals surface area contributed by atoms with Crippen molar-refractivity contribution in [3.63, 3.8) is 0 Å². The minimum atomic E-state index is -3.99. The van der Waals surface area contributed by atoms with Gasteiger partial charge in [0, 0.05) is 10.7 Å². The van der Waals surface area contributed by atoms with Crippen LogP contribution in [-0.2, 0) is 10.0 Å². The number of benzene rings is 1. The van der Waals surface area contributed by atoms with E-state index in [0.29, 0.717) is 4.47 Å². The number of sulfonamides is 1. The highest BCUT2D eigenvalue weighted by molar-refractivity contribution is 9.10. The first-order valence-electron chi connectivity index (χ1n) is 5.16. The van der Waals surface area contributed by atoms with Crippen LogP contribution in [0.25, 0.3) is 0 Å². The van der Waals surface area contributed by atoms with Crippen LogP contribution in [0.2, 0.25) is 5.02 Å². The highest BCUT2D eigenvalue weighted by Gasteiger charge is 2.17. The number of anilines is 1. The number of pyridine rings is 1. The zero-order valence-corrected chi connectivity index (χ0v) is 12.8. The van der Waals surface area contributed by atoms with Gasteiger partial charge in [0.1, 0.15) is 15.7 Å². The third kappa shape index (κ3) is 3.20. The molecule has 1 aromatic heterocycles. The second kappa shape index (κ2) is 5.55. The number of hydrogen-bond donors (Lipinski definition) is 2. The van der Waals surface area contributed by atoms with E-state index in [9.17, 15) is 17.6 Å². The Balaban J connectivity index is 2.43. The molecule has 0 aliphatic heterocycles. The summed E-state index contributed by atoms with van der Waals surface area (Å²) in [6, 6.07) is 4.58. The van der Waals surface area contributed by atoms with Gasteiger partial charge in [0.15, 0.2) is 0 Å². The summed E-state index contributed by atoms with van der Waals surface area (Å²) < 4.78 is 39.9. The predicted molar refractivity (Wildman–Crippen MR) is 77.0 cm³/mol. The SMILES string of the molecule is O=c1[nH]cc(S(=O)(=O)Nc2cc(F)ccc2Br)cc1Cl. The van der Waals surface area contributed by atoms with E-state index in [-0.39, 0.29) is 15.6 Å². The van der Waals surface area contributed by atoms with Crippen LogP contribution in [0, 0.1) is 5.82 Å². The highest BCUT2D eigenvalue weighted by Crippen LogP contribution is 2.25. The molecule has 0 bridgehead atoms. The molecule has 0 amide bonds. The van der Waals surface area contributed by atoms with Gasteiger partial charge in [0.2, 0.25) is 0 Å². The van der Waals surface area contributed by atoms with Crippen molar-refractivity contribution in [2.24, 2.45) is 0 Å². The molecule has 0 saturated carbocycles. The molecule has 0 unspecified atom stereocenters. The second-order valence-corrected chi connectivity index (χ2v) is 6.69. The van der Waals surface area contributed by atoms with Crippen LogP contribution in [0.1, 0.15) is 0 Å². The van der Waals surface area contributed by atoms with Crippen molar-refractivity contribution in [3.8, 4) is 0 Å². The van der Waals surface area contributed by atoms with Crippen LogP contribution < -0.4 is 10.3 Å². The van der Waals surface area contributed by atoms with E-state index in [0.717, 1.165) is 18.3 Å². The van der Waals surface area contributed by atoms with E-state index in [1.165, 1.54) is 12.1 Å². The minimum absolute atomic E-state index is 0.0346. The molecule has 106 valence electrons. The number of nitrogens with one attached hydrogen (secondary N) is 2. The molecule has 5 nitrogen and oxygen atoms in total. The Kier molecular flexibility index (Phi) is 4.17. The molecular formula is C11H7BrClFN2O3S. The highest BCUT2D eigenvalue weighted by atomic mass is 79.9. The normalized spacial score (nSPS) is 11.3. The third-order valence-corrected chi connectivity index (χ3v) is 4.63. The summed E-state index contributed by atoms with van der Waals surface area (Å²) in [6.07, 6.45) is 1.00. The van der Waals surface area contributed by atoms with Gasteiger partial charge in [-0.2, -0.15) is 0 Å². The van der Waals surface area contributed by atoms with E-state index in [1.54, 1.807) is 0 Å². The molecule has 0 saturated heterocycles. The van der Waals surface area contributed by atoms with Gasteiger partial charge in [-0.15, -0.1) is 0 Å². The Morgan fingerprint density at radius 2 is 2.00 bits per heavy atom. The van der Waals surface area contributed by atoms with E-state index < -0.39 is 21.4 Å². The molecule has 1 aromatic carbocycles. The summed E-state index contributed by atoms with van der Waals surface area (Å²) in [6.45, 7) is 0. The average Bonchev–Trinajstić information content (AvgIpc) is 2.36. The van der Waals surface area contributed by atoms with Crippen LogP contribution >= 0.6 is 27.5 Å². The molecule has 20 heavy (non-hydrogen) atoms. The fourth-order valence-corrected chi connectivity index (χ4v) is 3.15. The van der Waals surface area contributed by atoms with Crippen LogP contribution in [-0.4, -0.2) is 13.4 Å². The summed E-state index contributed by atoms with van der Waals surface area (Å²) in [4.78, 5) is 13.1. The smallest absolute Gasteiger partial charge is 0.266 e. The Hall–Kier alpha value is -1.38. The second-order valence-electron chi connectivity index (χ2n) is 3.74. The standard InChI is InChI=1S/C11H7BrClFN2O3S/c12-8-2-1-6(14)3-10(8)16-20(18,19)7-4-9(13)11(17)15-5-7/h1-5,16H,(H,15,17). The fraction of sp³-hybridized carbons (Fsp3) is 0. The maximum Gasteiger partial charge on any atom is 0.266 e. The molecule has 0 fully saturated rings. The Morgan fingerprint density at radius 3 is 2.65 bits per heavy atom. The predicted octanol–water partition coefficient (Wildman–Crippen LogP) is 2.73. The Labute approximate surface area is 127 Å². The lowest BCUT2D eigenvalue weighted by atomic mass is 10.3. The van der Waals surface area contributed by atoms with Crippen molar-refractivity contribution in [2.45, 2.75) is 4.90 Å². The molecule has 9 heteroatoms. The molecule has 0 radical (unpaired) electrons. The van der Waals surface area contributed by atoms with Gasteiger partial charge in [-0.3, -0.25) is 9.52 Å². The van der Waals surface area contributed by atoms with Crippen molar-refractivity contribution in [1.82, 2.24) is 4.98 Å². The van der Waals surface area contributed by atoms with Crippen molar-refractivity contribution < 1.29 is 12.8 Å². The number of rotatable bonds is 3. The van der Waals surface area contributed by atoms with Crippen LogP contribution in [0.15, 0.2) is 44.6 Å². The minimum Gasteiger partial charge on any atom is -0.326 e. The van der Waals surface area contributed by atoms with Crippen molar-refractivity contribution >= 4 is 43.2 Å². The number of aromatic nitrogens is 1. The summed E-state index contributed by atoms with van der Waals surface area (Å²) in [7, 11) is -3.99. The Bertz CT molecular complexity index is 823. The van der Waals surface area contributed by atoms with Gasteiger partial charge >= 0.3 is 0 Å². The summed E-state index contributed by atoms with van der Waals surface area (Å²) >= 11 is 8.68. The van der Waals surface area contributed by atoms with E-state index in [1.807, 2.05) is 0 Å². The Morgan fingerprint density at radius 1 is 1.30 bits per heavy atom. The number of halogens is 3. The van der Waals surface area contributed by atoms with Gasteiger partial charge in [-0.1, -0.05) is 11.6 Å². The molecule has 1 heterocycles. The number of aromatic amines is 1. The van der Waals surface area contributed by atoms with Crippen molar-refractivity contribution in [3.05, 3.63) is 56.1 Å². The summed E-state index contributed by atoms with van der Waals surface area (Å²) in [5.74, 6) is -0.592. The molecule has 2 rings (SSSR count). The maximum absolute atomic E-state index is 13.1. The third-order valence-electron chi connectivity index (χ3n) is 2.31. The van der Waals surface area contributed by atoms with Crippen molar-refractivity contribution in [1.29, 1.82) is 0 Å². The first-order chi connectivity index (χ1) is 9.29. The zero-order chi connectivity index (χ0) is 14.9. The van der Waals surface area contributed by atoms with Gasteiger partial charge in [-0.25, -0.2) is 12.8 Å². The number of H-pyrrole nitrogens is 1. The van der Waals surface area contributed by atoms with E-state index >= 15 is 0 Å².